The van der Waals surface area contributed by atoms with Crippen molar-refractivity contribution in [3.8, 4) is 0 Å². The van der Waals surface area contributed by atoms with Crippen LogP contribution in [0.5, 0.6) is 0 Å². The first-order valence-electron chi connectivity index (χ1n) is 9.96. The van der Waals surface area contributed by atoms with Gasteiger partial charge in [-0.3, -0.25) is 14.5 Å². The summed E-state index contributed by atoms with van der Waals surface area (Å²) in [6, 6.07) is 1.94. The number of carbonyl (C=O) groups excluding carboxylic acids is 1. The number of rotatable bonds is 9. The average Bonchev–Trinajstić information content (AvgIpc) is 3.05. The number of aromatic nitrogens is 2. The first-order valence-corrected chi connectivity index (χ1v) is 9.96. The van der Waals surface area contributed by atoms with E-state index in [4.69, 9.17) is 0 Å². The molecule has 7 nitrogen and oxygen atoms in total. The van der Waals surface area contributed by atoms with E-state index in [2.05, 4.69) is 34.6 Å². The summed E-state index contributed by atoms with van der Waals surface area (Å²) in [6.45, 7) is 9.28. The number of nitrogens with one attached hydrogen (secondary N) is 2. The molecular formula is C19H35IN6O. The minimum absolute atomic E-state index is 0. The van der Waals surface area contributed by atoms with Crippen LogP contribution in [-0.4, -0.2) is 59.3 Å². The van der Waals surface area contributed by atoms with Gasteiger partial charge in [-0.25, -0.2) is 0 Å². The summed E-state index contributed by atoms with van der Waals surface area (Å²) < 4.78 is 1.94. The van der Waals surface area contributed by atoms with Gasteiger partial charge in [0.05, 0.1) is 0 Å². The van der Waals surface area contributed by atoms with Gasteiger partial charge in [0.2, 0.25) is 5.91 Å². The Hall–Kier alpha value is -1.32. The van der Waals surface area contributed by atoms with Gasteiger partial charge in [0.1, 0.15) is 0 Å². The summed E-state index contributed by atoms with van der Waals surface area (Å²) in [7, 11) is 0. The van der Waals surface area contributed by atoms with Crippen molar-refractivity contribution in [1.82, 2.24) is 25.3 Å². The summed E-state index contributed by atoms with van der Waals surface area (Å²) in [6.07, 6.45) is 8.79. The topological polar surface area (TPSA) is 74.6 Å². The van der Waals surface area contributed by atoms with E-state index in [1.165, 1.54) is 6.42 Å². The van der Waals surface area contributed by atoms with Crippen LogP contribution >= 0.6 is 24.0 Å². The van der Waals surface area contributed by atoms with Crippen molar-refractivity contribution in [2.45, 2.75) is 52.5 Å². The average molecular weight is 490 g/mol. The second-order valence-corrected chi connectivity index (χ2v) is 7.02. The molecule has 1 fully saturated rings. The van der Waals surface area contributed by atoms with Crippen molar-refractivity contribution in [2.75, 3.05) is 32.7 Å². The molecule has 154 valence electrons. The summed E-state index contributed by atoms with van der Waals surface area (Å²) in [4.78, 5) is 18.7. The highest BCUT2D eigenvalue weighted by Crippen LogP contribution is 2.11. The van der Waals surface area contributed by atoms with Crippen LogP contribution < -0.4 is 10.6 Å². The SMILES string of the molecule is CCNC(=NCC(C)Cn1cccn1)NCCCN1CCCCCC1=O.I. The number of hydrogen-bond acceptors (Lipinski definition) is 3. The van der Waals surface area contributed by atoms with Crippen LogP contribution in [0.4, 0.5) is 0 Å². The predicted molar refractivity (Wildman–Crippen MR) is 120 cm³/mol. The lowest BCUT2D eigenvalue weighted by atomic mass is 10.2. The summed E-state index contributed by atoms with van der Waals surface area (Å²) in [5.74, 6) is 1.58. The standard InChI is InChI=1S/C19H34N6O.HI/c1-3-20-19(22-15-17(2)16-25-14-8-11-23-25)21-10-7-13-24-12-6-4-5-9-18(24)26;/h8,11,14,17H,3-7,9-10,12-13,15-16H2,1-2H3,(H2,20,21,22);1H. The van der Waals surface area contributed by atoms with Crippen molar-refractivity contribution in [2.24, 2.45) is 10.9 Å². The Balaban J connectivity index is 0.00000364. The zero-order valence-corrected chi connectivity index (χ0v) is 19.0. The minimum atomic E-state index is 0. The molecule has 0 radical (unpaired) electrons. The van der Waals surface area contributed by atoms with E-state index in [9.17, 15) is 4.79 Å². The molecule has 0 aliphatic carbocycles. The Morgan fingerprint density at radius 1 is 1.33 bits per heavy atom. The lowest BCUT2D eigenvalue weighted by Gasteiger charge is -2.21. The highest BCUT2D eigenvalue weighted by Gasteiger charge is 2.15. The largest absolute Gasteiger partial charge is 0.357 e. The van der Waals surface area contributed by atoms with E-state index < -0.39 is 0 Å². The van der Waals surface area contributed by atoms with Crippen LogP contribution in [0.3, 0.4) is 0 Å². The molecule has 0 bridgehead atoms. The normalized spacial score (nSPS) is 16.4. The Bertz CT molecular complexity index is 548. The van der Waals surface area contributed by atoms with Gasteiger partial charge in [0.25, 0.3) is 0 Å². The van der Waals surface area contributed by atoms with Gasteiger partial charge in [-0.15, -0.1) is 24.0 Å². The fourth-order valence-electron chi connectivity index (χ4n) is 3.13. The van der Waals surface area contributed by atoms with Crippen LogP contribution in [0.15, 0.2) is 23.5 Å². The molecule has 1 atom stereocenters. The van der Waals surface area contributed by atoms with Crippen LogP contribution in [0, 0.1) is 5.92 Å². The zero-order valence-electron chi connectivity index (χ0n) is 16.7. The maximum Gasteiger partial charge on any atom is 0.222 e. The number of carbonyl (C=O) groups is 1. The molecule has 2 heterocycles. The van der Waals surface area contributed by atoms with Gasteiger partial charge < -0.3 is 15.5 Å². The fraction of sp³-hybridized carbons (Fsp3) is 0.737. The Morgan fingerprint density at radius 3 is 2.93 bits per heavy atom. The lowest BCUT2D eigenvalue weighted by Crippen LogP contribution is -2.39. The summed E-state index contributed by atoms with van der Waals surface area (Å²) >= 11 is 0. The third-order valence-electron chi connectivity index (χ3n) is 4.53. The van der Waals surface area contributed by atoms with Gasteiger partial charge in [0, 0.05) is 58.1 Å². The van der Waals surface area contributed by atoms with Crippen LogP contribution in [0.2, 0.25) is 0 Å². The van der Waals surface area contributed by atoms with E-state index in [-0.39, 0.29) is 24.0 Å². The summed E-state index contributed by atoms with van der Waals surface area (Å²) in [5, 5.41) is 10.9. The van der Waals surface area contributed by atoms with E-state index in [0.29, 0.717) is 18.2 Å². The number of amides is 1. The van der Waals surface area contributed by atoms with E-state index in [1.54, 1.807) is 6.20 Å². The highest BCUT2D eigenvalue weighted by molar-refractivity contribution is 14.0. The maximum absolute atomic E-state index is 12.0. The van der Waals surface area contributed by atoms with Crippen LogP contribution in [0.25, 0.3) is 0 Å². The second-order valence-electron chi connectivity index (χ2n) is 7.02. The molecule has 8 heteroatoms. The third kappa shape index (κ3) is 9.44. The molecule has 1 amide bonds. The smallest absolute Gasteiger partial charge is 0.222 e. The number of nitrogens with zero attached hydrogens (tertiary/aromatic N) is 4. The molecule has 27 heavy (non-hydrogen) atoms. The number of halogens is 1. The number of guanidine groups is 1. The maximum atomic E-state index is 12.0. The Morgan fingerprint density at radius 2 is 2.19 bits per heavy atom. The lowest BCUT2D eigenvalue weighted by molar-refractivity contribution is -0.130. The second kappa shape index (κ2) is 13.8. The molecule has 1 saturated heterocycles. The molecule has 1 aliphatic rings. The molecule has 1 aromatic heterocycles. The van der Waals surface area contributed by atoms with E-state index in [1.807, 2.05) is 21.8 Å². The first kappa shape index (κ1) is 23.7. The van der Waals surface area contributed by atoms with Crippen LogP contribution in [0.1, 0.15) is 46.0 Å². The molecule has 0 spiro atoms. The number of hydrogen-bond donors (Lipinski definition) is 2. The van der Waals surface area contributed by atoms with Gasteiger partial charge in [-0.2, -0.15) is 5.10 Å². The first-order chi connectivity index (χ1) is 12.7. The summed E-state index contributed by atoms with van der Waals surface area (Å²) in [5.41, 5.74) is 0. The molecule has 2 N–H and O–H groups in total. The van der Waals surface area contributed by atoms with Crippen molar-refractivity contribution >= 4 is 35.8 Å². The van der Waals surface area contributed by atoms with Crippen LogP contribution in [-0.2, 0) is 11.3 Å². The van der Waals surface area contributed by atoms with Gasteiger partial charge in [-0.1, -0.05) is 13.3 Å². The molecule has 1 aliphatic heterocycles. The highest BCUT2D eigenvalue weighted by atomic mass is 127. The van der Waals surface area contributed by atoms with Gasteiger partial charge in [-0.05, 0) is 38.2 Å². The van der Waals surface area contributed by atoms with Crippen molar-refractivity contribution in [3.63, 3.8) is 0 Å². The van der Waals surface area contributed by atoms with Gasteiger partial charge in [0.15, 0.2) is 5.96 Å². The number of likely N-dealkylation sites (tertiary alicyclic amines) is 1. The fourth-order valence-corrected chi connectivity index (χ4v) is 3.13. The zero-order chi connectivity index (χ0) is 18.6. The van der Waals surface area contributed by atoms with Crippen molar-refractivity contribution in [1.29, 1.82) is 0 Å². The monoisotopic (exact) mass is 490 g/mol. The minimum Gasteiger partial charge on any atom is -0.357 e. The van der Waals surface area contributed by atoms with Crippen molar-refractivity contribution < 1.29 is 4.79 Å². The molecule has 0 saturated carbocycles. The molecular weight excluding hydrogens is 455 g/mol. The Kier molecular flexibility index (Phi) is 12.1. The number of aliphatic imine (C=N–C) groups is 1. The molecule has 0 aromatic carbocycles. The van der Waals surface area contributed by atoms with Gasteiger partial charge >= 0.3 is 0 Å². The molecule has 1 unspecified atom stereocenters. The van der Waals surface area contributed by atoms with Crippen molar-refractivity contribution in [3.05, 3.63) is 18.5 Å². The molecule has 2 rings (SSSR count). The predicted octanol–water partition coefficient (Wildman–Crippen LogP) is 2.49. The Labute approximate surface area is 180 Å². The van der Waals surface area contributed by atoms with E-state index >= 15 is 0 Å². The third-order valence-corrected chi connectivity index (χ3v) is 4.53. The van der Waals surface area contributed by atoms with E-state index in [0.717, 1.165) is 64.5 Å². The molecule has 1 aromatic rings. The quantitative estimate of drug-likeness (QED) is 0.242.